The Morgan fingerprint density at radius 2 is 2.20 bits per heavy atom. The second-order valence-corrected chi connectivity index (χ2v) is 3.82. The highest BCUT2D eigenvalue weighted by Crippen LogP contribution is 2.07. The van der Waals surface area contributed by atoms with Gasteiger partial charge in [-0.2, -0.15) is 0 Å². The van der Waals surface area contributed by atoms with Crippen LogP contribution in [0.3, 0.4) is 0 Å². The fourth-order valence-electron chi connectivity index (χ4n) is 1.21. The molecule has 3 heteroatoms. The van der Waals surface area contributed by atoms with E-state index in [9.17, 15) is 0 Å². The van der Waals surface area contributed by atoms with E-state index in [1.165, 1.54) is 6.42 Å². The van der Waals surface area contributed by atoms with Crippen molar-refractivity contribution in [1.82, 2.24) is 9.97 Å². The number of rotatable bonds is 5. The Bertz CT molecular complexity index is 318. The van der Waals surface area contributed by atoms with Gasteiger partial charge in [0.1, 0.15) is 12.1 Å². The number of nitrogens with one attached hydrogen (secondary N) is 1. The van der Waals surface area contributed by atoms with E-state index < -0.39 is 0 Å². The molecule has 3 nitrogen and oxygen atoms in total. The Hall–Kier alpha value is -1.38. The zero-order valence-electron chi connectivity index (χ0n) is 9.70. The molecule has 0 aliphatic rings. The van der Waals surface area contributed by atoms with Crippen molar-refractivity contribution >= 4 is 11.9 Å². The lowest BCUT2D eigenvalue weighted by Crippen LogP contribution is -2.11. The summed E-state index contributed by atoms with van der Waals surface area (Å²) in [7, 11) is 0. The van der Waals surface area contributed by atoms with E-state index in [1.54, 1.807) is 6.33 Å². The van der Waals surface area contributed by atoms with E-state index in [2.05, 4.69) is 42.1 Å². The van der Waals surface area contributed by atoms with Crippen molar-refractivity contribution in [2.24, 2.45) is 0 Å². The monoisotopic (exact) mass is 205 g/mol. The molecule has 15 heavy (non-hydrogen) atoms. The fraction of sp³-hybridized carbons (Fsp3) is 0.500. The predicted molar refractivity (Wildman–Crippen MR) is 64.7 cm³/mol. The van der Waals surface area contributed by atoms with Gasteiger partial charge in [-0.05, 0) is 26.3 Å². The summed E-state index contributed by atoms with van der Waals surface area (Å²) in [6, 6.07) is 2.36. The molecular formula is C12H19N3. The highest BCUT2D eigenvalue weighted by molar-refractivity contribution is 5.49. The topological polar surface area (TPSA) is 37.8 Å². The standard InChI is InChI=1S/C12H19N3/c1-4-5-6-7-11-8-12(14-9-13-11)15-10(2)3/h6-10H,4-5H2,1-3H3,(H,13,14,15)/b7-6+. The lowest BCUT2D eigenvalue weighted by Gasteiger charge is -2.08. The maximum absolute atomic E-state index is 4.18. The smallest absolute Gasteiger partial charge is 0.130 e. The van der Waals surface area contributed by atoms with Gasteiger partial charge in [-0.1, -0.05) is 19.4 Å². The van der Waals surface area contributed by atoms with Crippen LogP contribution in [0, 0.1) is 0 Å². The Morgan fingerprint density at radius 1 is 1.40 bits per heavy atom. The summed E-state index contributed by atoms with van der Waals surface area (Å²) in [5, 5.41) is 3.25. The highest BCUT2D eigenvalue weighted by atomic mass is 15.0. The highest BCUT2D eigenvalue weighted by Gasteiger charge is 1.97. The summed E-state index contributed by atoms with van der Waals surface area (Å²) >= 11 is 0. The zero-order chi connectivity index (χ0) is 11.1. The van der Waals surface area contributed by atoms with E-state index >= 15 is 0 Å². The van der Waals surface area contributed by atoms with Crippen molar-refractivity contribution in [3.8, 4) is 0 Å². The molecule has 0 amide bonds. The van der Waals surface area contributed by atoms with Crippen molar-refractivity contribution in [2.75, 3.05) is 5.32 Å². The van der Waals surface area contributed by atoms with Gasteiger partial charge in [0.05, 0.1) is 5.69 Å². The first-order valence-corrected chi connectivity index (χ1v) is 5.47. The molecule has 82 valence electrons. The van der Waals surface area contributed by atoms with Crippen LogP contribution in [-0.2, 0) is 0 Å². The van der Waals surface area contributed by atoms with Crippen LogP contribution >= 0.6 is 0 Å². The number of hydrogen-bond donors (Lipinski definition) is 1. The first-order valence-electron chi connectivity index (χ1n) is 5.47. The average Bonchev–Trinajstić information content (AvgIpc) is 2.18. The van der Waals surface area contributed by atoms with Gasteiger partial charge in [0.2, 0.25) is 0 Å². The first kappa shape index (κ1) is 11.7. The molecule has 1 aromatic rings. The summed E-state index contributed by atoms with van der Waals surface area (Å²) in [5.74, 6) is 0.885. The van der Waals surface area contributed by atoms with Gasteiger partial charge in [0, 0.05) is 12.1 Å². The lowest BCUT2D eigenvalue weighted by atomic mass is 10.2. The van der Waals surface area contributed by atoms with Gasteiger partial charge in [0.15, 0.2) is 0 Å². The first-order chi connectivity index (χ1) is 7.22. The third kappa shape index (κ3) is 4.58. The van der Waals surface area contributed by atoms with Crippen molar-refractivity contribution in [2.45, 2.75) is 39.7 Å². The molecule has 0 bridgehead atoms. The van der Waals surface area contributed by atoms with E-state index in [0.717, 1.165) is 17.9 Å². The Kier molecular flexibility index (Phi) is 4.81. The van der Waals surface area contributed by atoms with Crippen molar-refractivity contribution in [3.63, 3.8) is 0 Å². The van der Waals surface area contributed by atoms with Crippen LogP contribution in [0.4, 0.5) is 5.82 Å². The van der Waals surface area contributed by atoms with Crippen molar-refractivity contribution in [1.29, 1.82) is 0 Å². The lowest BCUT2D eigenvalue weighted by molar-refractivity contribution is 0.885. The number of nitrogens with zero attached hydrogens (tertiary/aromatic N) is 2. The second kappa shape index (κ2) is 6.17. The minimum atomic E-state index is 0.396. The van der Waals surface area contributed by atoms with Gasteiger partial charge in [-0.3, -0.25) is 0 Å². The number of aromatic nitrogens is 2. The summed E-state index contributed by atoms with van der Waals surface area (Å²) < 4.78 is 0. The van der Waals surface area contributed by atoms with Gasteiger partial charge < -0.3 is 5.32 Å². The van der Waals surface area contributed by atoms with E-state index in [4.69, 9.17) is 0 Å². The fourth-order valence-corrected chi connectivity index (χ4v) is 1.21. The Labute approximate surface area is 91.7 Å². The molecule has 0 fully saturated rings. The summed E-state index contributed by atoms with van der Waals surface area (Å²) in [4.78, 5) is 8.33. The molecule has 1 heterocycles. The molecule has 1 rings (SSSR count). The van der Waals surface area contributed by atoms with Gasteiger partial charge in [-0.15, -0.1) is 0 Å². The predicted octanol–water partition coefficient (Wildman–Crippen LogP) is 3.11. The van der Waals surface area contributed by atoms with Gasteiger partial charge >= 0.3 is 0 Å². The second-order valence-electron chi connectivity index (χ2n) is 3.82. The van der Waals surface area contributed by atoms with Crippen LogP contribution in [0.25, 0.3) is 6.08 Å². The molecule has 1 N–H and O–H groups in total. The molecule has 0 unspecified atom stereocenters. The van der Waals surface area contributed by atoms with Crippen LogP contribution in [0.5, 0.6) is 0 Å². The van der Waals surface area contributed by atoms with Crippen LogP contribution < -0.4 is 5.32 Å². The zero-order valence-corrected chi connectivity index (χ0v) is 9.70. The maximum Gasteiger partial charge on any atom is 0.130 e. The molecule has 0 saturated heterocycles. The largest absolute Gasteiger partial charge is 0.368 e. The van der Waals surface area contributed by atoms with Crippen molar-refractivity contribution in [3.05, 3.63) is 24.2 Å². The number of anilines is 1. The van der Waals surface area contributed by atoms with Crippen LogP contribution in [0.2, 0.25) is 0 Å². The maximum atomic E-state index is 4.18. The molecule has 0 aromatic carbocycles. The Balaban J connectivity index is 2.65. The minimum Gasteiger partial charge on any atom is -0.368 e. The van der Waals surface area contributed by atoms with Crippen molar-refractivity contribution < 1.29 is 0 Å². The van der Waals surface area contributed by atoms with E-state index in [0.29, 0.717) is 6.04 Å². The summed E-state index contributed by atoms with van der Waals surface area (Å²) in [6.45, 7) is 6.35. The van der Waals surface area contributed by atoms with E-state index in [-0.39, 0.29) is 0 Å². The molecule has 0 spiro atoms. The summed E-state index contributed by atoms with van der Waals surface area (Å²) in [5.41, 5.74) is 0.960. The molecule has 0 atom stereocenters. The molecule has 0 radical (unpaired) electrons. The molecule has 0 aliphatic carbocycles. The number of allylic oxidation sites excluding steroid dienone is 1. The van der Waals surface area contributed by atoms with Crippen LogP contribution in [0.15, 0.2) is 18.5 Å². The molecule has 0 aliphatic heterocycles. The van der Waals surface area contributed by atoms with Gasteiger partial charge in [0.25, 0.3) is 0 Å². The van der Waals surface area contributed by atoms with Gasteiger partial charge in [-0.25, -0.2) is 9.97 Å². The molecule has 0 saturated carbocycles. The molecular weight excluding hydrogens is 186 g/mol. The quantitative estimate of drug-likeness (QED) is 0.802. The van der Waals surface area contributed by atoms with Crippen LogP contribution in [0.1, 0.15) is 39.3 Å². The number of hydrogen-bond acceptors (Lipinski definition) is 3. The SMILES string of the molecule is CCC/C=C/c1cc(NC(C)C)ncn1. The van der Waals surface area contributed by atoms with Crippen LogP contribution in [-0.4, -0.2) is 16.0 Å². The third-order valence-electron chi connectivity index (χ3n) is 1.87. The normalized spacial score (nSPS) is 11.2. The molecule has 1 aromatic heterocycles. The number of unbranched alkanes of at least 4 members (excludes halogenated alkanes) is 1. The Morgan fingerprint density at radius 3 is 2.87 bits per heavy atom. The average molecular weight is 205 g/mol. The summed E-state index contributed by atoms with van der Waals surface area (Å²) in [6.07, 6.45) is 8.03. The third-order valence-corrected chi connectivity index (χ3v) is 1.87. The minimum absolute atomic E-state index is 0.396. The van der Waals surface area contributed by atoms with E-state index in [1.807, 2.05) is 12.1 Å².